The van der Waals surface area contributed by atoms with Gasteiger partial charge >= 0.3 is 30.5 Å². The summed E-state index contributed by atoms with van der Waals surface area (Å²) in [5.41, 5.74) is -3.83. The van der Waals surface area contributed by atoms with E-state index in [9.17, 15) is 33.3 Å². The van der Waals surface area contributed by atoms with Gasteiger partial charge in [-0.2, -0.15) is 18.1 Å². The van der Waals surface area contributed by atoms with Crippen molar-refractivity contribution in [1.29, 1.82) is 0 Å². The second kappa shape index (κ2) is 15.4. The number of hydrogen-bond acceptors (Lipinski definition) is 9. The number of rotatable bonds is 14. The van der Waals surface area contributed by atoms with Crippen LogP contribution < -0.4 is 9.64 Å². The highest BCUT2D eigenvalue weighted by Gasteiger charge is 2.39. The van der Waals surface area contributed by atoms with Gasteiger partial charge in [0, 0.05) is 6.07 Å². The second-order valence-corrected chi connectivity index (χ2v) is 7.33. The molecule has 1 rings (SSSR count). The molecule has 1 aromatic rings. The number of halogens is 3. The standard InChI is InChI=1S/C22H29F3N2O9/c1-4-7-10-33-19(28)16-17(23)14(27(31)32)13-15(18(16)36-20(24)25)26(21(29)34-11-8-5-2)22(30)35-12-9-6-3/h13,20H,4-12H2,1-3H3. The number of nitro groups is 1. The minimum atomic E-state index is -3.68. The van der Waals surface area contributed by atoms with Gasteiger partial charge in [-0.3, -0.25) is 10.1 Å². The SMILES string of the molecule is CCCCOC(=O)c1c(F)c([N+](=O)[O-])cc(N(C(=O)OCCCC)C(=O)OCCCC)c1OC(F)F. The summed E-state index contributed by atoms with van der Waals surface area (Å²) < 4.78 is 60.7. The van der Waals surface area contributed by atoms with Crippen molar-refractivity contribution in [2.45, 2.75) is 65.9 Å². The molecule has 0 bridgehead atoms. The number of benzene rings is 1. The van der Waals surface area contributed by atoms with Gasteiger partial charge in [0.25, 0.3) is 0 Å². The minimum Gasteiger partial charge on any atom is -0.462 e. The van der Waals surface area contributed by atoms with Crippen molar-refractivity contribution in [3.63, 3.8) is 0 Å². The lowest BCUT2D eigenvalue weighted by molar-refractivity contribution is -0.387. The summed E-state index contributed by atoms with van der Waals surface area (Å²) in [6, 6.07) is 0.304. The lowest BCUT2D eigenvalue weighted by Gasteiger charge is -2.23. The zero-order valence-electron chi connectivity index (χ0n) is 20.2. The zero-order chi connectivity index (χ0) is 27.3. The third-order valence-electron chi connectivity index (χ3n) is 4.57. The molecule has 0 aliphatic heterocycles. The smallest absolute Gasteiger partial charge is 0.424 e. The Morgan fingerprint density at radius 2 is 1.42 bits per heavy atom. The van der Waals surface area contributed by atoms with Crippen LogP contribution in [0.1, 0.15) is 69.7 Å². The first-order valence-electron chi connectivity index (χ1n) is 11.4. The summed E-state index contributed by atoms with van der Waals surface area (Å²) in [6.45, 7) is 0.960. The van der Waals surface area contributed by atoms with Crippen LogP contribution in [-0.4, -0.2) is 49.5 Å². The molecule has 0 atom stereocenters. The molecule has 0 unspecified atom stereocenters. The highest BCUT2D eigenvalue weighted by Crippen LogP contribution is 2.41. The van der Waals surface area contributed by atoms with Crippen molar-refractivity contribution in [2.75, 3.05) is 24.7 Å². The largest absolute Gasteiger partial charge is 0.462 e. The van der Waals surface area contributed by atoms with Crippen LogP contribution in [0.2, 0.25) is 0 Å². The molecule has 0 saturated heterocycles. The van der Waals surface area contributed by atoms with Gasteiger partial charge < -0.3 is 18.9 Å². The second-order valence-electron chi connectivity index (χ2n) is 7.33. The molecule has 0 aromatic heterocycles. The Balaban J connectivity index is 3.80. The van der Waals surface area contributed by atoms with Gasteiger partial charge in [-0.25, -0.2) is 14.4 Å². The van der Waals surface area contributed by atoms with E-state index in [2.05, 4.69) is 4.74 Å². The van der Waals surface area contributed by atoms with Crippen molar-refractivity contribution in [3.05, 3.63) is 27.6 Å². The molecule has 36 heavy (non-hydrogen) atoms. The Hall–Kier alpha value is -3.58. The van der Waals surface area contributed by atoms with Gasteiger partial charge in [-0.05, 0) is 19.3 Å². The van der Waals surface area contributed by atoms with Gasteiger partial charge in [0.2, 0.25) is 5.82 Å². The maximum absolute atomic E-state index is 15.0. The highest BCUT2D eigenvalue weighted by molar-refractivity contribution is 6.12. The average Bonchev–Trinajstić information content (AvgIpc) is 2.80. The van der Waals surface area contributed by atoms with E-state index in [1.807, 2.05) is 0 Å². The Kier molecular flexibility index (Phi) is 13.0. The number of carbonyl (C=O) groups excluding carboxylic acids is 3. The Morgan fingerprint density at radius 3 is 1.83 bits per heavy atom. The number of esters is 1. The molecule has 202 valence electrons. The molecule has 0 aliphatic carbocycles. The van der Waals surface area contributed by atoms with Crippen LogP contribution in [0.3, 0.4) is 0 Å². The van der Waals surface area contributed by atoms with E-state index in [-0.39, 0.29) is 24.7 Å². The number of amides is 2. The number of carbonyl (C=O) groups is 3. The summed E-state index contributed by atoms with van der Waals surface area (Å²) in [5, 5.41) is 11.5. The predicted molar refractivity (Wildman–Crippen MR) is 120 cm³/mol. The van der Waals surface area contributed by atoms with Gasteiger partial charge in [-0.15, -0.1) is 0 Å². The van der Waals surface area contributed by atoms with E-state index in [0.29, 0.717) is 44.6 Å². The first kappa shape index (κ1) is 30.5. The summed E-state index contributed by atoms with van der Waals surface area (Å²) in [6.07, 6.45) is -0.150. The first-order chi connectivity index (χ1) is 17.1. The van der Waals surface area contributed by atoms with E-state index in [1.54, 1.807) is 20.8 Å². The van der Waals surface area contributed by atoms with Crippen LogP contribution in [0.15, 0.2) is 6.07 Å². The number of anilines is 1. The topological polar surface area (TPSA) is 135 Å². The molecular formula is C22H29F3N2O9. The van der Waals surface area contributed by atoms with Crippen LogP contribution in [0.5, 0.6) is 5.75 Å². The quantitative estimate of drug-likeness (QED) is 0.0951. The van der Waals surface area contributed by atoms with Gasteiger partial charge in [-0.1, -0.05) is 40.0 Å². The first-order valence-corrected chi connectivity index (χ1v) is 11.4. The fourth-order valence-corrected chi connectivity index (χ4v) is 2.69. The fraction of sp³-hybridized carbons (Fsp3) is 0.591. The van der Waals surface area contributed by atoms with Gasteiger partial charge in [0.05, 0.1) is 24.7 Å². The normalized spacial score (nSPS) is 10.6. The van der Waals surface area contributed by atoms with Crippen LogP contribution in [0, 0.1) is 15.9 Å². The number of nitro benzene ring substituents is 1. The van der Waals surface area contributed by atoms with E-state index >= 15 is 4.39 Å². The van der Waals surface area contributed by atoms with Crippen LogP contribution >= 0.6 is 0 Å². The average molecular weight is 522 g/mol. The Labute approximate surface area is 205 Å². The molecule has 0 spiro atoms. The van der Waals surface area contributed by atoms with Gasteiger partial charge in [0.15, 0.2) is 5.75 Å². The molecule has 0 saturated carbocycles. The summed E-state index contributed by atoms with van der Waals surface area (Å²) in [7, 11) is 0. The number of ether oxygens (including phenoxy) is 4. The Bertz CT molecular complexity index is 907. The molecule has 0 N–H and O–H groups in total. The molecule has 11 nitrogen and oxygen atoms in total. The summed E-state index contributed by atoms with van der Waals surface area (Å²) in [5.74, 6) is -4.74. The van der Waals surface area contributed by atoms with E-state index in [1.165, 1.54) is 0 Å². The van der Waals surface area contributed by atoms with Crippen molar-refractivity contribution in [2.24, 2.45) is 0 Å². The zero-order valence-corrected chi connectivity index (χ0v) is 20.2. The maximum Gasteiger partial charge on any atom is 0.424 e. The number of imide groups is 1. The van der Waals surface area contributed by atoms with Crippen molar-refractivity contribution in [1.82, 2.24) is 0 Å². The van der Waals surface area contributed by atoms with Crippen molar-refractivity contribution >= 4 is 29.5 Å². The molecule has 1 aromatic carbocycles. The molecular weight excluding hydrogens is 493 g/mol. The lowest BCUT2D eigenvalue weighted by atomic mass is 10.1. The fourth-order valence-electron chi connectivity index (χ4n) is 2.69. The van der Waals surface area contributed by atoms with E-state index < -0.39 is 58.2 Å². The van der Waals surface area contributed by atoms with E-state index in [0.717, 1.165) is 0 Å². The van der Waals surface area contributed by atoms with Crippen LogP contribution in [0.25, 0.3) is 0 Å². The van der Waals surface area contributed by atoms with E-state index in [4.69, 9.17) is 14.2 Å². The summed E-state index contributed by atoms with van der Waals surface area (Å²) >= 11 is 0. The molecule has 2 amide bonds. The Morgan fingerprint density at radius 1 is 0.944 bits per heavy atom. The highest BCUT2D eigenvalue weighted by atomic mass is 19.3. The maximum atomic E-state index is 15.0. The number of alkyl halides is 2. The monoisotopic (exact) mass is 522 g/mol. The van der Waals surface area contributed by atoms with Crippen LogP contribution in [0.4, 0.5) is 34.1 Å². The van der Waals surface area contributed by atoms with Crippen LogP contribution in [-0.2, 0) is 14.2 Å². The molecule has 0 aliphatic rings. The third kappa shape index (κ3) is 8.57. The predicted octanol–water partition coefficient (Wildman–Crippen LogP) is 5.97. The number of unbranched alkanes of at least 4 members (excludes halogenated alkanes) is 3. The molecule has 0 heterocycles. The molecule has 14 heteroatoms. The summed E-state index contributed by atoms with van der Waals surface area (Å²) in [4.78, 5) is 48.4. The minimum absolute atomic E-state index is 0.0400. The molecule has 0 radical (unpaired) electrons. The van der Waals surface area contributed by atoms with Crippen molar-refractivity contribution < 1.29 is 51.4 Å². The lowest BCUT2D eigenvalue weighted by Crippen LogP contribution is -2.39. The third-order valence-corrected chi connectivity index (χ3v) is 4.57. The number of nitrogens with zero attached hydrogens (tertiary/aromatic N) is 2. The van der Waals surface area contributed by atoms with Crippen molar-refractivity contribution in [3.8, 4) is 5.75 Å². The van der Waals surface area contributed by atoms with Gasteiger partial charge in [0.1, 0.15) is 11.3 Å². The molecule has 0 fully saturated rings. The number of hydrogen-bond donors (Lipinski definition) is 0.